The van der Waals surface area contributed by atoms with Crippen LogP contribution in [0.5, 0.6) is 0 Å². The highest BCUT2D eigenvalue weighted by Crippen LogP contribution is 2.26. The summed E-state index contributed by atoms with van der Waals surface area (Å²) in [4.78, 5) is 21.1. The SMILES string of the molecule is CCOC(=O)c1cccc(Nc2ncnc3sccc23)c1. The Kier molecular flexibility index (Phi) is 3.79. The van der Waals surface area contributed by atoms with Crippen molar-refractivity contribution in [3.63, 3.8) is 0 Å². The maximum absolute atomic E-state index is 11.7. The van der Waals surface area contributed by atoms with Crippen LogP contribution in [0.25, 0.3) is 10.2 Å². The van der Waals surface area contributed by atoms with Crippen molar-refractivity contribution in [3.8, 4) is 0 Å². The van der Waals surface area contributed by atoms with Gasteiger partial charge in [0.15, 0.2) is 0 Å². The van der Waals surface area contributed by atoms with E-state index in [1.54, 1.807) is 36.5 Å². The van der Waals surface area contributed by atoms with Gasteiger partial charge in [0.25, 0.3) is 0 Å². The van der Waals surface area contributed by atoms with Crippen LogP contribution in [0.15, 0.2) is 42.0 Å². The molecule has 21 heavy (non-hydrogen) atoms. The van der Waals surface area contributed by atoms with Crippen LogP contribution in [0.3, 0.4) is 0 Å². The third-order valence-electron chi connectivity index (χ3n) is 2.90. The van der Waals surface area contributed by atoms with Crippen molar-refractivity contribution in [1.82, 2.24) is 9.97 Å². The molecule has 1 aromatic carbocycles. The minimum atomic E-state index is -0.329. The molecule has 0 fully saturated rings. The van der Waals surface area contributed by atoms with Crippen LogP contribution in [0, 0.1) is 0 Å². The maximum atomic E-state index is 11.7. The summed E-state index contributed by atoms with van der Waals surface area (Å²) in [6.45, 7) is 2.14. The largest absolute Gasteiger partial charge is 0.462 e. The minimum Gasteiger partial charge on any atom is -0.462 e. The topological polar surface area (TPSA) is 64.1 Å². The molecule has 3 aromatic rings. The number of hydrogen-bond donors (Lipinski definition) is 1. The molecule has 0 saturated carbocycles. The average Bonchev–Trinajstić information content (AvgIpc) is 2.97. The number of benzene rings is 1. The Labute approximate surface area is 125 Å². The number of carbonyl (C=O) groups excluding carboxylic acids is 1. The van der Waals surface area contributed by atoms with Crippen LogP contribution in [-0.2, 0) is 4.74 Å². The molecule has 0 amide bonds. The summed E-state index contributed by atoms with van der Waals surface area (Å²) in [6.07, 6.45) is 1.52. The fraction of sp³-hybridized carbons (Fsp3) is 0.133. The Bertz CT molecular complexity index is 785. The molecule has 0 unspecified atom stereocenters. The van der Waals surface area contributed by atoms with Crippen LogP contribution >= 0.6 is 11.3 Å². The number of hydrogen-bond acceptors (Lipinski definition) is 6. The number of ether oxygens (including phenoxy) is 1. The molecule has 1 N–H and O–H groups in total. The zero-order valence-electron chi connectivity index (χ0n) is 11.4. The quantitative estimate of drug-likeness (QED) is 0.746. The molecule has 0 aliphatic heterocycles. The molecule has 0 spiro atoms. The van der Waals surface area contributed by atoms with E-state index < -0.39 is 0 Å². The lowest BCUT2D eigenvalue weighted by atomic mass is 10.2. The van der Waals surface area contributed by atoms with Crippen molar-refractivity contribution < 1.29 is 9.53 Å². The van der Waals surface area contributed by atoms with Gasteiger partial charge in [-0.3, -0.25) is 0 Å². The number of esters is 1. The fourth-order valence-electron chi connectivity index (χ4n) is 1.96. The average molecular weight is 299 g/mol. The first-order valence-electron chi connectivity index (χ1n) is 6.50. The van der Waals surface area contributed by atoms with E-state index in [0.717, 1.165) is 21.7 Å². The lowest BCUT2D eigenvalue weighted by molar-refractivity contribution is 0.0526. The van der Waals surface area contributed by atoms with Gasteiger partial charge in [-0.15, -0.1) is 11.3 Å². The molecule has 0 radical (unpaired) electrons. The number of rotatable bonds is 4. The van der Waals surface area contributed by atoms with E-state index in [9.17, 15) is 4.79 Å². The third kappa shape index (κ3) is 2.85. The summed E-state index contributed by atoms with van der Waals surface area (Å²) in [5, 5.41) is 6.15. The Hall–Kier alpha value is -2.47. The summed E-state index contributed by atoms with van der Waals surface area (Å²) in [6, 6.07) is 9.13. The van der Waals surface area contributed by atoms with E-state index in [1.165, 1.54) is 6.33 Å². The van der Waals surface area contributed by atoms with Crippen LogP contribution in [0.2, 0.25) is 0 Å². The van der Waals surface area contributed by atoms with E-state index in [2.05, 4.69) is 15.3 Å². The number of carbonyl (C=O) groups is 1. The lowest BCUT2D eigenvalue weighted by Gasteiger charge is -2.08. The first kappa shape index (κ1) is 13.5. The van der Waals surface area contributed by atoms with Crippen molar-refractivity contribution in [2.24, 2.45) is 0 Å². The van der Waals surface area contributed by atoms with Gasteiger partial charge in [-0.25, -0.2) is 14.8 Å². The summed E-state index contributed by atoms with van der Waals surface area (Å²) < 4.78 is 5.00. The molecular formula is C15H13N3O2S. The van der Waals surface area contributed by atoms with Crippen LogP contribution in [0.1, 0.15) is 17.3 Å². The molecule has 2 heterocycles. The van der Waals surface area contributed by atoms with Crippen molar-refractivity contribution in [3.05, 3.63) is 47.6 Å². The Morgan fingerprint density at radius 1 is 1.33 bits per heavy atom. The van der Waals surface area contributed by atoms with Crippen molar-refractivity contribution in [2.45, 2.75) is 6.92 Å². The van der Waals surface area contributed by atoms with Crippen molar-refractivity contribution in [1.29, 1.82) is 0 Å². The summed E-state index contributed by atoms with van der Waals surface area (Å²) in [7, 11) is 0. The van der Waals surface area contributed by atoms with Gasteiger partial charge in [-0.1, -0.05) is 6.07 Å². The predicted molar refractivity (Wildman–Crippen MR) is 83.1 cm³/mol. The highest BCUT2D eigenvalue weighted by Gasteiger charge is 2.09. The van der Waals surface area contributed by atoms with E-state index >= 15 is 0 Å². The summed E-state index contributed by atoms with van der Waals surface area (Å²) in [5.74, 6) is 0.395. The van der Waals surface area contributed by atoms with Crippen molar-refractivity contribution in [2.75, 3.05) is 11.9 Å². The van der Waals surface area contributed by atoms with Gasteiger partial charge in [-0.05, 0) is 36.6 Å². The zero-order chi connectivity index (χ0) is 14.7. The number of aromatic nitrogens is 2. The van der Waals surface area contributed by atoms with Gasteiger partial charge >= 0.3 is 5.97 Å². The fourth-order valence-corrected chi connectivity index (χ4v) is 2.70. The van der Waals surface area contributed by atoms with Crippen LogP contribution in [0.4, 0.5) is 11.5 Å². The lowest BCUT2D eigenvalue weighted by Crippen LogP contribution is -2.05. The standard InChI is InChI=1S/C15H13N3O2S/c1-2-20-15(19)10-4-3-5-11(8-10)18-13-12-6-7-21-14(12)17-9-16-13/h3-9H,2H2,1H3,(H,16,17,18). The van der Waals surface area contributed by atoms with E-state index in [1.807, 2.05) is 17.5 Å². The molecule has 5 nitrogen and oxygen atoms in total. The number of thiophene rings is 1. The first-order valence-corrected chi connectivity index (χ1v) is 7.38. The maximum Gasteiger partial charge on any atom is 0.338 e. The molecular weight excluding hydrogens is 286 g/mol. The number of nitrogens with one attached hydrogen (secondary N) is 1. The molecule has 106 valence electrons. The second-order valence-corrected chi connectivity index (χ2v) is 5.18. The monoisotopic (exact) mass is 299 g/mol. The second-order valence-electron chi connectivity index (χ2n) is 4.29. The molecule has 2 aromatic heterocycles. The number of nitrogens with zero attached hydrogens (tertiary/aromatic N) is 2. The normalized spacial score (nSPS) is 10.5. The van der Waals surface area contributed by atoms with E-state index in [0.29, 0.717) is 12.2 Å². The molecule has 0 aliphatic carbocycles. The van der Waals surface area contributed by atoms with E-state index in [4.69, 9.17) is 4.74 Å². The van der Waals surface area contributed by atoms with Gasteiger partial charge in [0, 0.05) is 5.69 Å². The number of fused-ring (bicyclic) bond motifs is 1. The highest BCUT2D eigenvalue weighted by molar-refractivity contribution is 7.16. The van der Waals surface area contributed by atoms with Crippen LogP contribution < -0.4 is 5.32 Å². The summed E-state index contributed by atoms with van der Waals surface area (Å²) >= 11 is 1.56. The van der Waals surface area contributed by atoms with Gasteiger partial charge < -0.3 is 10.1 Å². The smallest absolute Gasteiger partial charge is 0.338 e. The van der Waals surface area contributed by atoms with E-state index in [-0.39, 0.29) is 5.97 Å². The second kappa shape index (κ2) is 5.88. The van der Waals surface area contributed by atoms with Gasteiger partial charge in [0.2, 0.25) is 0 Å². The highest BCUT2D eigenvalue weighted by atomic mass is 32.1. The third-order valence-corrected chi connectivity index (χ3v) is 3.72. The van der Waals surface area contributed by atoms with Gasteiger partial charge in [-0.2, -0.15) is 0 Å². The van der Waals surface area contributed by atoms with Gasteiger partial charge in [0.05, 0.1) is 17.6 Å². The Balaban J connectivity index is 1.90. The first-order chi connectivity index (χ1) is 10.3. The Morgan fingerprint density at radius 3 is 3.10 bits per heavy atom. The number of anilines is 2. The molecule has 0 aliphatic rings. The van der Waals surface area contributed by atoms with Crippen molar-refractivity contribution >= 4 is 39.0 Å². The minimum absolute atomic E-state index is 0.329. The molecule has 0 bridgehead atoms. The zero-order valence-corrected chi connectivity index (χ0v) is 12.2. The molecule has 6 heteroatoms. The Morgan fingerprint density at radius 2 is 2.24 bits per heavy atom. The molecule has 3 rings (SSSR count). The van der Waals surface area contributed by atoms with Gasteiger partial charge in [0.1, 0.15) is 17.0 Å². The summed E-state index contributed by atoms with van der Waals surface area (Å²) in [5.41, 5.74) is 1.30. The van der Waals surface area contributed by atoms with Crippen LogP contribution in [-0.4, -0.2) is 22.5 Å². The molecule has 0 atom stereocenters. The predicted octanol–water partition coefficient (Wildman–Crippen LogP) is 3.61. The molecule has 0 saturated heterocycles.